The normalized spacial score (nSPS) is 24.4. The fourth-order valence-electron chi connectivity index (χ4n) is 3.99. The van der Waals surface area contributed by atoms with E-state index in [0.29, 0.717) is 23.1 Å². The monoisotopic (exact) mass is 328 g/mol. The number of rotatable bonds is 2. The van der Waals surface area contributed by atoms with Crippen LogP contribution in [-0.4, -0.2) is 47.1 Å². The summed E-state index contributed by atoms with van der Waals surface area (Å²) in [5, 5.41) is 8.42. The number of nitrogens with one attached hydrogen (secondary N) is 1. The van der Waals surface area contributed by atoms with Crippen LogP contribution in [0.4, 0.5) is 0 Å². The zero-order chi connectivity index (χ0) is 16.7. The number of aromatic nitrogens is 2. The van der Waals surface area contributed by atoms with Crippen LogP contribution in [0.3, 0.4) is 0 Å². The molecular formula is C18H24N4O2. The van der Waals surface area contributed by atoms with Gasteiger partial charge in [0.1, 0.15) is 0 Å². The van der Waals surface area contributed by atoms with Crippen molar-refractivity contribution in [2.75, 3.05) is 26.2 Å². The van der Waals surface area contributed by atoms with Gasteiger partial charge in [-0.25, -0.2) is 4.98 Å². The fourth-order valence-corrected chi connectivity index (χ4v) is 3.99. The SMILES string of the molecule is CC(C)c1noc2ncc(C(=O)N3CC[C@@H]4CNC[C@@H]4CC3)cc12. The number of nitrogens with zero attached hydrogens (tertiary/aromatic N) is 3. The smallest absolute Gasteiger partial charge is 0.257 e. The first-order valence-electron chi connectivity index (χ1n) is 8.89. The summed E-state index contributed by atoms with van der Waals surface area (Å²) in [5.74, 6) is 1.75. The van der Waals surface area contributed by atoms with Gasteiger partial charge in [-0.15, -0.1) is 0 Å². The van der Waals surface area contributed by atoms with E-state index in [1.165, 1.54) is 0 Å². The average Bonchev–Trinajstić information content (AvgIpc) is 3.16. The first-order chi connectivity index (χ1) is 11.6. The second-order valence-electron chi connectivity index (χ2n) is 7.35. The highest BCUT2D eigenvalue weighted by Crippen LogP contribution is 2.28. The minimum atomic E-state index is 0.0771. The molecule has 2 aromatic heterocycles. The largest absolute Gasteiger partial charge is 0.339 e. The second-order valence-corrected chi connectivity index (χ2v) is 7.35. The third-order valence-corrected chi connectivity index (χ3v) is 5.46. The zero-order valence-electron chi connectivity index (χ0n) is 14.3. The van der Waals surface area contributed by atoms with Crippen LogP contribution in [0.15, 0.2) is 16.8 Å². The lowest BCUT2D eigenvalue weighted by atomic mass is 9.92. The minimum absolute atomic E-state index is 0.0771. The molecule has 0 saturated carbocycles. The maximum atomic E-state index is 12.9. The predicted molar refractivity (Wildman–Crippen MR) is 90.9 cm³/mol. The third kappa shape index (κ3) is 2.69. The van der Waals surface area contributed by atoms with Crippen molar-refractivity contribution in [3.05, 3.63) is 23.5 Å². The van der Waals surface area contributed by atoms with Crippen LogP contribution in [0.25, 0.3) is 11.1 Å². The molecule has 2 aliphatic rings. The topological polar surface area (TPSA) is 71.3 Å². The zero-order valence-corrected chi connectivity index (χ0v) is 14.3. The highest BCUT2D eigenvalue weighted by Gasteiger charge is 2.31. The Hall–Kier alpha value is -1.95. The highest BCUT2D eigenvalue weighted by molar-refractivity contribution is 5.97. The molecule has 6 heteroatoms. The van der Waals surface area contributed by atoms with E-state index in [1.54, 1.807) is 6.20 Å². The van der Waals surface area contributed by atoms with Crippen LogP contribution >= 0.6 is 0 Å². The number of pyridine rings is 1. The molecule has 2 fully saturated rings. The Balaban J connectivity index is 1.57. The van der Waals surface area contributed by atoms with Gasteiger partial charge in [0, 0.05) is 19.3 Å². The number of likely N-dealkylation sites (tertiary alicyclic amines) is 1. The Bertz CT molecular complexity index is 741. The molecule has 2 aliphatic heterocycles. The molecule has 1 amide bonds. The van der Waals surface area contributed by atoms with Gasteiger partial charge in [-0.1, -0.05) is 19.0 Å². The van der Waals surface area contributed by atoms with Gasteiger partial charge in [-0.2, -0.15) is 0 Å². The van der Waals surface area contributed by atoms with Crippen LogP contribution in [-0.2, 0) is 0 Å². The summed E-state index contributed by atoms with van der Waals surface area (Å²) >= 11 is 0. The average molecular weight is 328 g/mol. The van der Waals surface area contributed by atoms with Gasteiger partial charge in [-0.05, 0) is 49.8 Å². The standard InChI is InChI=1S/C18H24N4O2/c1-11(2)16-15-7-14(10-20-17(15)24-21-16)18(23)22-5-3-12-8-19-9-13(12)4-6-22/h7,10-13,19H,3-6,8-9H2,1-2H3/t12-,13+. The highest BCUT2D eigenvalue weighted by atomic mass is 16.5. The van der Waals surface area contributed by atoms with Gasteiger partial charge in [0.15, 0.2) is 0 Å². The predicted octanol–water partition coefficient (Wildman–Crippen LogP) is 2.42. The summed E-state index contributed by atoms with van der Waals surface area (Å²) in [6.45, 7) is 7.98. The molecule has 0 aliphatic carbocycles. The van der Waals surface area contributed by atoms with Crippen molar-refractivity contribution in [3.63, 3.8) is 0 Å². The van der Waals surface area contributed by atoms with Crippen molar-refractivity contribution in [1.29, 1.82) is 0 Å². The first-order valence-corrected chi connectivity index (χ1v) is 8.89. The van der Waals surface area contributed by atoms with Crippen LogP contribution < -0.4 is 5.32 Å². The molecule has 1 N–H and O–H groups in total. The molecule has 2 aromatic rings. The number of hydrogen-bond donors (Lipinski definition) is 1. The fraction of sp³-hybridized carbons (Fsp3) is 0.611. The van der Waals surface area contributed by atoms with Crippen molar-refractivity contribution in [1.82, 2.24) is 20.4 Å². The van der Waals surface area contributed by atoms with Gasteiger partial charge in [0.2, 0.25) is 0 Å². The molecule has 0 aromatic carbocycles. The van der Waals surface area contributed by atoms with Gasteiger partial charge in [-0.3, -0.25) is 4.79 Å². The van der Waals surface area contributed by atoms with Gasteiger partial charge in [0.25, 0.3) is 11.6 Å². The summed E-state index contributed by atoms with van der Waals surface area (Å²) in [5.41, 5.74) is 2.01. The molecule has 2 saturated heterocycles. The molecule has 0 unspecified atom stereocenters. The Morgan fingerprint density at radius 3 is 2.67 bits per heavy atom. The van der Waals surface area contributed by atoms with Gasteiger partial charge < -0.3 is 14.7 Å². The van der Waals surface area contributed by atoms with Crippen LogP contribution in [0.5, 0.6) is 0 Å². The van der Waals surface area contributed by atoms with E-state index in [4.69, 9.17) is 4.52 Å². The number of hydrogen-bond acceptors (Lipinski definition) is 5. The molecule has 2 atom stereocenters. The molecule has 4 heterocycles. The van der Waals surface area contributed by atoms with E-state index in [-0.39, 0.29) is 11.8 Å². The maximum Gasteiger partial charge on any atom is 0.257 e. The van der Waals surface area contributed by atoms with E-state index < -0.39 is 0 Å². The van der Waals surface area contributed by atoms with Crippen LogP contribution in [0, 0.1) is 11.8 Å². The Labute approximate surface area is 141 Å². The molecule has 0 spiro atoms. The maximum absolute atomic E-state index is 12.9. The lowest BCUT2D eigenvalue weighted by Gasteiger charge is -2.20. The van der Waals surface area contributed by atoms with Crippen molar-refractivity contribution in [2.45, 2.75) is 32.6 Å². The summed E-state index contributed by atoms with van der Waals surface area (Å²) in [6, 6.07) is 1.89. The number of fused-ring (bicyclic) bond motifs is 2. The quantitative estimate of drug-likeness (QED) is 0.917. The van der Waals surface area contributed by atoms with Crippen LogP contribution in [0.1, 0.15) is 48.7 Å². The van der Waals surface area contributed by atoms with Gasteiger partial charge in [0.05, 0.1) is 16.6 Å². The lowest BCUT2D eigenvalue weighted by Crippen LogP contribution is -2.32. The molecule has 6 nitrogen and oxygen atoms in total. The summed E-state index contributed by atoms with van der Waals surface area (Å²) in [7, 11) is 0. The molecule has 4 rings (SSSR count). The van der Waals surface area contributed by atoms with Crippen LogP contribution in [0.2, 0.25) is 0 Å². The van der Waals surface area contributed by atoms with E-state index in [9.17, 15) is 4.79 Å². The molecule has 0 radical (unpaired) electrons. The van der Waals surface area contributed by atoms with E-state index in [1.807, 2.05) is 11.0 Å². The Kier molecular flexibility index (Phi) is 4.00. The Morgan fingerprint density at radius 2 is 2.00 bits per heavy atom. The molecule has 24 heavy (non-hydrogen) atoms. The summed E-state index contributed by atoms with van der Waals surface area (Å²) in [4.78, 5) is 19.2. The van der Waals surface area contributed by atoms with Crippen molar-refractivity contribution in [3.8, 4) is 0 Å². The third-order valence-electron chi connectivity index (χ3n) is 5.46. The van der Waals surface area contributed by atoms with E-state index in [0.717, 1.165) is 50.1 Å². The minimum Gasteiger partial charge on any atom is -0.339 e. The second kappa shape index (κ2) is 6.16. The number of carbonyl (C=O) groups is 1. The van der Waals surface area contributed by atoms with E-state index >= 15 is 0 Å². The van der Waals surface area contributed by atoms with Crippen molar-refractivity contribution >= 4 is 17.0 Å². The number of carbonyl (C=O) groups excluding carboxylic acids is 1. The van der Waals surface area contributed by atoms with E-state index in [2.05, 4.69) is 29.3 Å². The summed E-state index contributed by atoms with van der Waals surface area (Å²) in [6.07, 6.45) is 3.79. The molecule has 128 valence electrons. The Morgan fingerprint density at radius 1 is 1.29 bits per heavy atom. The lowest BCUT2D eigenvalue weighted by molar-refractivity contribution is 0.0758. The number of amides is 1. The molecular weight excluding hydrogens is 304 g/mol. The first kappa shape index (κ1) is 15.6. The van der Waals surface area contributed by atoms with Crippen molar-refractivity contribution in [2.24, 2.45) is 11.8 Å². The van der Waals surface area contributed by atoms with Gasteiger partial charge >= 0.3 is 0 Å². The summed E-state index contributed by atoms with van der Waals surface area (Å²) < 4.78 is 5.27. The molecule has 0 bridgehead atoms. The van der Waals surface area contributed by atoms with Crippen molar-refractivity contribution < 1.29 is 9.32 Å².